The molecule has 0 aromatic rings. The smallest absolute Gasteiger partial charge is 0.435 e. The predicted molar refractivity (Wildman–Crippen MR) is 51.9 cm³/mol. The van der Waals surface area contributed by atoms with Gasteiger partial charge in [-0.15, -0.1) is 0 Å². The van der Waals surface area contributed by atoms with Gasteiger partial charge in [0.1, 0.15) is 5.60 Å². The van der Waals surface area contributed by atoms with Gasteiger partial charge < -0.3 is 9.47 Å². The number of hydrogen-bond acceptors (Lipinski definition) is 3. The molecule has 0 aromatic heterocycles. The fourth-order valence-electron chi connectivity index (χ4n) is 2.51. The third-order valence-corrected chi connectivity index (χ3v) is 3.20. The molecule has 0 N–H and O–H groups in total. The lowest BCUT2D eigenvalue weighted by Gasteiger charge is -2.30. The second-order valence-corrected chi connectivity index (χ2v) is 4.29. The van der Waals surface area contributed by atoms with Crippen LogP contribution in [0.4, 0.5) is 4.79 Å². The van der Waals surface area contributed by atoms with E-state index in [0.717, 1.165) is 12.8 Å². The molecule has 1 saturated carbocycles. The molecule has 0 amide bonds. The van der Waals surface area contributed by atoms with Gasteiger partial charge in [-0.2, -0.15) is 0 Å². The molecule has 2 rings (SSSR count). The lowest BCUT2D eigenvalue weighted by Crippen LogP contribution is -2.36. The highest BCUT2D eigenvalue weighted by atomic mass is 16.7. The Kier molecular flexibility index (Phi) is 2.25. The molecule has 0 radical (unpaired) electrons. The van der Waals surface area contributed by atoms with Crippen LogP contribution in [0.5, 0.6) is 0 Å². The number of fused-ring (bicyclic) bond motifs is 2. The Morgan fingerprint density at radius 3 is 2.86 bits per heavy atom. The van der Waals surface area contributed by atoms with Gasteiger partial charge in [-0.3, -0.25) is 0 Å². The summed E-state index contributed by atoms with van der Waals surface area (Å²) in [5.74, 6) is 0.983. The second-order valence-electron chi connectivity index (χ2n) is 4.29. The van der Waals surface area contributed by atoms with E-state index in [2.05, 4.69) is 12.2 Å². The summed E-state index contributed by atoms with van der Waals surface area (Å²) < 4.78 is 10.2. The summed E-state index contributed by atoms with van der Waals surface area (Å²) in [6.07, 6.45) is 5.91. The van der Waals surface area contributed by atoms with E-state index in [-0.39, 0.29) is 5.60 Å². The third-order valence-electron chi connectivity index (χ3n) is 3.20. The van der Waals surface area contributed by atoms with Gasteiger partial charge in [0.15, 0.2) is 0 Å². The molecule has 3 nitrogen and oxygen atoms in total. The SMILES string of the molecule is CCOC(=O)OC1(C)CC2C=CC1C2. The molecule has 2 aliphatic carbocycles. The van der Waals surface area contributed by atoms with Crippen molar-refractivity contribution >= 4 is 6.16 Å². The van der Waals surface area contributed by atoms with E-state index in [9.17, 15) is 4.79 Å². The molecule has 0 aliphatic heterocycles. The van der Waals surface area contributed by atoms with Gasteiger partial charge in [-0.25, -0.2) is 4.79 Å². The minimum Gasteiger partial charge on any atom is -0.435 e. The van der Waals surface area contributed by atoms with Crippen molar-refractivity contribution in [3.05, 3.63) is 12.2 Å². The topological polar surface area (TPSA) is 35.5 Å². The Bertz CT molecular complexity index is 272. The predicted octanol–water partition coefficient (Wildman–Crippen LogP) is 2.51. The summed E-state index contributed by atoms with van der Waals surface area (Å²) in [6, 6.07) is 0. The van der Waals surface area contributed by atoms with Gasteiger partial charge in [0, 0.05) is 5.92 Å². The normalized spacial score (nSPS) is 38.7. The van der Waals surface area contributed by atoms with Gasteiger partial charge >= 0.3 is 6.16 Å². The van der Waals surface area contributed by atoms with Gasteiger partial charge in [0.05, 0.1) is 6.61 Å². The van der Waals surface area contributed by atoms with E-state index in [4.69, 9.17) is 9.47 Å². The van der Waals surface area contributed by atoms with Crippen molar-refractivity contribution in [1.82, 2.24) is 0 Å². The number of allylic oxidation sites excluding steroid dienone is 1. The molecule has 0 aromatic carbocycles. The summed E-state index contributed by atoms with van der Waals surface area (Å²) >= 11 is 0. The maximum absolute atomic E-state index is 11.2. The van der Waals surface area contributed by atoms with Crippen molar-refractivity contribution in [2.45, 2.75) is 32.3 Å². The molecule has 0 saturated heterocycles. The minimum atomic E-state index is -0.532. The zero-order chi connectivity index (χ0) is 10.2. The number of carbonyl (C=O) groups is 1. The molecule has 1 fully saturated rings. The highest BCUT2D eigenvalue weighted by molar-refractivity contribution is 5.60. The van der Waals surface area contributed by atoms with Crippen LogP contribution in [0.3, 0.4) is 0 Å². The van der Waals surface area contributed by atoms with Crippen molar-refractivity contribution in [3.8, 4) is 0 Å². The van der Waals surface area contributed by atoms with Crippen LogP contribution < -0.4 is 0 Å². The highest BCUT2D eigenvalue weighted by Gasteiger charge is 2.48. The van der Waals surface area contributed by atoms with E-state index < -0.39 is 6.16 Å². The Labute approximate surface area is 84.1 Å². The van der Waals surface area contributed by atoms with Crippen molar-refractivity contribution in [2.75, 3.05) is 6.61 Å². The molecular weight excluding hydrogens is 180 g/mol. The summed E-state index contributed by atoms with van der Waals surface area (Å²) in [7, 11) is 0. The van der Waals surface area contributed by atoms with Crippen molar-refractivity contribution in [3.63, 3.8) is 0 Å². The molecular formula is C11H16O3. The molecule has 3 unspecified atom stereocenters. The fraction of sp³-hybridized carbons (Fsp3) is 0.727. The minimum absolute atomic E-state index is 0.328. The first kappa shape index (κ1) is 9.56. The van der Waals surface area contributed by atoms with Crippen LogP contribution in [-0.2, 0) is 9.47 Å². The van der Waals surface area contributed by atoms with Crippen LogP contribution in [0.15, 0.2) is 12.2 Å². The summed E-state index contributed by atoms with van der Waals surface area (Å²) in [5, 5.41) is 0. The lowest BCUT2D eigenvalue weighted by molar-refractivity contribution is -0.0374. The summed E-state index contributed by atoms with van der Waals surface area (Å²) in [5.41, 5.74) is -0.328. The molecule has 2 aliphatic rings. The van der Waals surface area contributed by atoms with E-state index in [1.54, 1.807) is 6.92 Å². The van der Waals surface area contributed by atoms with Gasteiger partial charge in [0.2, 0.25) is 0 Å². The quantitative estimate of drug-likeness (QED) is 0.503. The molecule has 0 spiro atoms. The Morgan fingerprint density at radius 2 is 2.36 bits per heavy atom. The molecule has 0 heterocycles. The summed E-state index contributed by atoms with van der Waals surface area (Å²) in [4.78, 5) is 11.2. The lowest BCUT2D eigenvalue weighted by atomic mass is 9.90. The van der Waals surface area contributed by atoms with Crippen LogP contribution in [0.1, 0.15) is 26.7 Å². The Hall–Kier alpha value is -0.990. The molecule has 14 heavy (non-hydrogen) atoms. The van der Waals surface area contributed by atoms with Gasteiger partial charge in [-0.05, 0) is 32.6 Å². The largest absolute Gasteiger partial charge is 0.508 e. The van der Waals surface area contributed by atoms with E-state index in [0.29, 0.717) is 18.4 Å². The van der Waals surface area contributed by atoms with Crippen LogP contribution in [0, 0.1) is 11.8 Å². The highest BCUT2D eigenvalue weighted by Crippen LogP contribution is 2.48. The van der Waals surface area contributed by atoms with Crippen LogP contribution in [-0.4, -0.2) is 18.4 Å². The number of carbonyl (C=O) groups excluding carboxylic acids is 1. The number of hydrogen-bond donors (Lipinski definition) is 0. The first-order valence-corrected chi connectivity index (χ1v) is 5.18. The third kappa shape index (κ3) is 1.51. The van der Waals surface area contributed by atoms with E-state index in [1.807, 2.05) is 6.92 Å². The van der Waals surface area contributed by atoms with Crippen LogP contribution >= 0.6 is 0 Å². The summed E-state index contributed by atoms with van der Waals surface area (Å²) in [6.45, 7) is 4.15. The van der Waals surface area contributed by atoms with E-state index >= 15 is 0 Å². The van der Waals surface area contributed by atoms with Crippen LogP contribution in [0.2, 0.25) is 0 Å². The maximum atomic E-state index is 11.2. The first-order valence-electron chi connectivity index (χ1n) is 5.18. The average molecular weight is 196 g/mol. The fourth-order valence-corrected chi connectivity index (χ4v) is 2.51. The molecule has 3 atom stereocenters. The van der Waals surface area contributed by atoms with Crippen molar-refractivity contribution < 1.29 is 14.3 Å². The number of ether oxygens (including phenoxy) is 2. The molecule has 2 bridgehead atoms. The zero-order valence-corrected chi connectivity index (χ0v) is 8.66. The number of rotatable bonds is 2. The van der Waals surface area contributed by atoms with Gasteiger partial charge in [-0.1, -0.05) is 12.2 Å². The maximum Gasteiger partial charge on any atom is 0.508 e. The van der Waals surface area contributed by atoms with E-state index in [1.165, 1.54) is 0 Å². The zero-order valence-electron chi connectivity index (χ0n) is 8.66. The second kappa shape index (κ2) is 3.30. The molecule has 78 valence electrons. The monoisotopic (exact) mass is 196 g/mol. The van der Waals surface area contributed by atoms with Crippen molar-refractivity contribution in [2.24, 2.45) is 11.8 Å². The standard InChI is InChI=1S/C11H16O3/c1-3-13-10(12)14-11(2)7-8-4-5-9(11)6-8/h4-5,8-9H,3,6-7H2,1-2H3. The average Bonchev–Trinajstić information content (AvgIpc) is 2.62. The Balaban J connectivity index is 1.97. The van der Waals surface area contributed by atoms with Crippen molar-refractivity contribution in [1.29, 1.82) is 0 Å². The van der Waals surface area contributed by atoms with Crippen LogP contribution in [0.25, 0.3) is 0 Å². The first-order chi connectivity index (χ1) is 6.64. The Morgan fingerprint density at radius 1 is 1.57 bits per heavy atom. The van der Waals surface area contributed by atoms with Gasteiger partial charge in [0.25, 0.3) is 0 Å². The molecule has 3 heteroatoms.